The maximum atomic E-state index is 12.8. The van der Waals surface area contributed by atoms with Gasteiger partial charge in [-0.05, 0) is 26.8 Å². The summed E-state index contributed by atoms with van der Waals surface area (Å²) < 4.78 is 8.61. The molecule has 0 spiro atoms. The molecule has 0 aromatic carbocycles. The number of aryl methyl sites for hydroxylation is 1. The molecule has 0 aliphatic rings. The van der Waals surface area contributed by atoms with Gasteiger partial charge in [0.15, 0.2) is 11.5 Å². The fourth-order valence-electron chi connectivity index (χ4n) is 2.19. The zero-order chi connectivity index (χ0) is 17.5. The summed E-state index contributed by atoms with van der Waals surface area (Å²) >= 11 is 6.16. The van der Waals surface area contributed by atoms with Gasteiger partial charge in [0, 0.05) is 25.5 Å². The van der Waals surface area contributed by atoms with Crippen LogP contribution < -0.4 is 4.90 Å². The van der Waals surface area contributed by atoms with Crippen molar-refractivity contribution in [1.82, 2.24) is 24.4 Å². The molecular weight excluding hydrogens is 332 g/mol. The van der Waals surface area contributed by atoms with Crippen molar-refractivity contribution < 1.29 is 9.53 Å². The molecule has 0 saturated heterocycles. The van der Waals surface area contributed by atoms with Crippen LogP contribution in [0.3, 0.4) is 0 Å². The molecule has 0 atom stereocenters. The third-order valence-electron chi connectivity index (χ3n) is 3.07. The van der Waals surface area contributed by atoms with Crippen molar-refractivity contribution in [2.45, 2.75) is 26.4 Å². The van der Waals surface area contributed by atoms with E-state index in [0.29, 0.717) is 22.2 Å². The number of anilines is 2. The van der Waals surface area contributed by atoms with E-state index >= 15 is 0 Å². The Balaban J connectivity index is 2.16. The van der Waals surface area contributed by atoms with Gasteiger partial charge in [-0.1, -0.05) is 11.6 Å². The molecule has 0 fully saturated rings. The fraction of sp³-hybridized carbons (Fsp3) is 0.333. The zero-order valence-electron chi connectivity index (χ0n) is 13.8. The molecule has 0 unspecified atom stereocenters. The Kier molecular flexibility index (Phi) is 3.92. The highest BCUT2D eigenvalue weighted by atomic mass is 35.5. The minimum Gasteiger partial charge on any atom is -0.443 e. The SMILES string of the molecule is Cn1ccc(N(C(=O)OC(C)(C)C)c2cc(Cl)cn3ncnc23)n1. The molecule has 0 bridgehead atoms. The van der Waals surface area contributed by atoms with E-state index < -0.39 is 11.7 Å². The standard InChI is InChI=1S/C15H17ClN6O2/c1-15(2,3)24-14(23)22(12-5-6-20(4)19-12)11-7-10(16)8-21-13(11)17-9-18-21/h5-9H,1-4H3. The summed E-state index contributed by atoms with van der Waals surface area (Å²) in [4.78, 5) is 18.3. The highest BCUT2D eigenvalue weighted by molar-refractivity contribution is 6.31. The molecule has 9 heteroatoms. The van der Waals surface area contributed by atoms with Crippen LogP contribution >= 0.6 is 11.6 Å². The molecule has 3 heterocycles. The summed E-state index contributed by atoms with van der Waals surface area (Å²) in [7, 11) is 1.77. The van der Waals surface area contributed by atoms with Crippen LogP contribution in [0.5, 0.6) is 0 Å². The summed E-state index contributed by atoms with van der Waals surface area (Å²) in [5, 5.41) is 8.78. The Labute approximate surface area is 143 Å². The summed E-state index contributed by atoms with van der Waals surface area (Å²) in [5.74, 6) is 0.402. The van der Waals surface area contributed by atoms with Crippen molar-refractivity contribution in [3.05, 3.63) is 35.9 Å². The second-order valence-corrected chi connectivity index (χ2v) is 6.67. The first-order valence-electron chi connectivity index (χ1n) is 7.26. The number of rotatable bonds is 2. The number of fused-ring (bicyclic) bond motifs is 1. The Morgan fingerprint density at radius 3 is 2.75 bits per heavy atom. The predicted octanol–water partition coefficient (Wildman–Crippen LogP) is 3.19. The van der Waals surface area contributed by atoms with Crippen molar-refractivity contribution in [3.8, 4) is 0 Å². The number of carbonyl (C=O) groups excluding carboxylic acids is 1. The average Bonchev–Trinajstić information content (AvgIpc) is 3.05. The minimum atomic E-state index is -0.660. The van der Waals surface area contributed by atoms with Gasteiger partial charge < -0.3 is 4.74 Å². The lowest BCUT2D eigenvalue weighted by Gasteiger charge is -2.26. The Hall–Kier alpha value is -2.61. The first kappa shape index (κ1) is 16.3. The van der Waals surface area contributed by atoms with Gasteiger partial charge in [0.25, 0.3) is 0 Å². The molecule has 24 heavy (non-hydrogen) atoms. The highest BCUT2D eigenvalue weighted by Crippen LogP contribution is 2.31. The summed E-state index contributed by atoms with van der Waals surface area (Å²) in [6.45, 7) is 5.39. The van der Waals surface area contributed by atoms with Crippen LogP contribution in [0.2, 0.25) is 5.02 Å². The van der Waals surface area contributed by atoms with E-state index in [1.807, 2.05) is 0 Å². The van der Waals surface area contributed by atoms with E-state index in [2.05, 4.69) is 15.2 Å². The van der Waals surface area contributed by atoms with Gasteiger partial charge in [0.05, 0.1) is 5.02 Å². The van der Waals surface area contributed by atoms with Crippen molar-refractivity contribution in [3.63, 3.8) is 0 Å². The molecule has 0 N–H and O–H groups in total. The number of aromatic nitrogens is 5. The van der Waals surface area contributed by atoms with Gasteiger partial charge in [-0.2, -0.15) is 10.2 Å². The zero-order valence-corrected chi connectivity index (χ0v) is 14.5. The maximum Gasteiger partial charge on any atom is 0.420 e. The molecule has 3 aromatic heterocycles. The third-order valence-corrected chi connectivity index (χ3v) is 3.27. The van der Waals surface area contributed by atoms with E-state index in [4.69, 9.17) is 16.3 Å². The first-order chi connectivity index (χ1) is 11.2. The topological polar surface area (TPSA) is 77.5 Å². The van der Waals surface area contributed by atoms with Gasteiger partial charge >= 0.3 is 6.09 Å². The molecule has 3 rings (SSSR count). The monoisotopic (exact) mass is 348 g/mol. The Morgan fingerprint density at radius 1 is 1.38 bits per heavy atom. The fourth-order valence-corrected chi connectivity index (χ4v) is 2.38. The number of halogens is 1. The predicted molar refractivity (Wildman–Crippen MR) is 89.6 cm³/mol. The average molecular weight is 349 g/mol. The van der Waals surface area contributed by atoms with Gasteiger partial charge in [-0.3, -0.25) is 4.68 Å². The van der Waals surface area contributed by atoms with Gasteiger partial charge in [-0.25, -0.2) is 19.2 Å². The molecular formula is C15H17ClN6O2. The first-order valence-corrected chi connectivity index (χ1v) is 7.64. The molecule has 3 aromatic rings. The van der Waals surface area contributed by atoms with Crippen LogP contribution in [0, 0.1) is 0 Å². The van der Waals surface area contributed by atoms with Crippen LogP contribution in [0.25, 0.3) is 5.65 Å². The number of amides is 1. The molecule has 8 nitrogen and oxygen atoms in total. The summed E-state index contributed by atoms with van der Waals surface area (Å²) in [5.41, 5.74) is 0.246. The minimum absolute atomic E-state index is 0.402. The molecule has 0 aliphatic heterocycles. The number of hydrogen-bond acceptors (Lipinski definition) is 5. The number of carbonyl (C=O) groups is 1. The van der Waals surface area contributed by atoms with Crippen molar-refractivity contribution in [2.24, 2.45) is 7.05 Å². The molecule has 1 amide bonds. The lowest BCUT2D eigenvalue weighted by Crippen LogP contribution is -2.34. The highest BCUT2D eigenvalue weighted by Gasteiger charge is 2.29. The molecule has 126 valence electrons. The maximum absolute atomic E-state index is 12.8. The van der Waals surface area contributed by atoms with E-state index in [0.717, 1.165) is 0 Å². The van der Waals surface area contributed by atoms with Gasteiger partial charge in [-0.15, -0.1) is 0 Å². The smallest absolute Gasteiger partial charge is 0.420 e. The van der Waals surface area contributed by atoms with Crippen molar-refractivity contribution in [1.29, 1.82) is 0 Å². The van der Waals surface area contributed by atoms with Gasteiger partial charge in [0.2, 0.25) is 0 Å². The van der Waals surface area contributed by atoms with Crippen molar-refractivity contribution >= 4 is 34.8 Å². The molecule has 0 saturated carbocycles. The number of nitrogens with zero attached hydrogens (tertiary/aromatic N) is 6. The number of ether oxygens (including phenoxy) is 1. The van der Waals surface area contributed by atoms with Crippen LogP contribution in [-0.4, -0.2) is 36.1 Å². The van der Waals surface area contributed by atoms with Crippen LogP contribution in [0.15, 0.2) is 30.9 Å². The van der Waals surface area contributed by atoms with E-state index in [-0.39, 0.29) is 0 Å². The van der Waals surface area contributed by atoms with E-state index in [1.165, 1.54) is 15.7 Å². The van der Waals surface area contributed by atoms with E-state index in [9.17, 15) is 4.79 Å². The lowest BCUT2D eigenvalue weighted by molar-refractivity contribution is 0.0598. The molecule has 0 aliphatic carbocycles. The van der Waals surface area contributed by atoms with Crippen LogP contribution in [0.4, 0.5) is 16.3 Å². The van der Waals surface area contributed by atoms with Crippen molar-refractivity contribution in [2.75, 3.05) is 4.90 Å². The Morgan fingerprint density at radius 2 is 2.12 bits per heavy atom. The largest absolute Gasteiger partial charge is 0.443 e. The Bertz CT molecular complexity index is 895. The van der Waals surface area contributed by atoms with E-state index in [1.54, 1.807) is 57.0 Å². The molecule has 0 radical (unpaired) electrons. The lowest BCUT2D eigenvalue weighted by atomic mass is 10.2. The second kappa shape index (κ2) is 5.79. The van der Waals surface area contributed by atoms with Crippen LogP contribution in [0.1, 0.15) is 20.8 Å². The summed E-state index contributed by atoms with van der Waals surface area (Å²) in [6, 6.07) is 3.34. The van der Waals surface area contributed by atoms with Gasteiger partial charge in [0.1, 0.15) is 17.6 Å². The third kappa shape index (κ3) is 3.18. The number of pyridine rings is 1. The summed E-state index contributed by atoms with van der Waals surface area (Å²) in [6.07, 6.45) is 4.16. The number of hydrogen-bond donors (Lipinski definition) is 0. The normalized spacial score (nSPS) is 11.7. The second-order valence-electron chi connectivity index (χ2n) is 6.24. The quantitative estimate of drug-likeness (QED) is 0.710. The van der Waals surface area contributed by atoms with Crippen LogP contribution in [-0.2, 0) is 11.8 Å².